The summed E-state index contributed by atoms with van der Waals surface area (Å²) in [5, 5.41) is 11.5. The first-order valence-electron chi connectivity index (χ1n) is 15.3. The van der Waals surface area contributed by atoms with Crippen LogP contribution >= 0.6 is 11.3 Å². The van der Waals surface area contributed by atoms with Crippen molar-refractivity contribution >= 4 is 28.9 Å². The average molecular weight is 634 g/mol. The van der Waals surface area contributed by atoms with Crippen molar-refractivity contribution in [3.63, 3.8) is 0 Å². The Kier molecular flexibility index (Phi) is 6.86. The quantitative estimate of drug-likeness (QED) is 0.205. The fourth-order valence-electron chi connectivity index (χ4n) is 6.97. The zero-order valence-electron chi connectivity index (χ0n) is 24.9. The lowest BCUT2D eigenvalue weighted by atomic mass is 9.93. The van der Waals surface area contributed by atoms with E-state index in [4.69, 9.17) is 9.40 Å². The molecule has 2 atom stereocenters. The number of halogens is 1. The Balaban J connectivity index is 1.25. The van der Waals surface area contributed by atoms with Crippen molar-refractivity contribution < 1.29 is 23.2 Å². The molecule has 1 fully saturated rings. The van der Waals surface area contributed by atoms with Gasteiger partial charge in [-0.1, -0.05) is 24.3 Å². The Morgan fingerprint density at radius 2 is 1.85 bits per heavy atom. The van der Waals surface area contributed by atoms with Gasteiger partial charge in [-0.05, 0) is 73.2 Å². The fraction of sp³-hybridized carbons (Fsp3) is 0.257. The van der Waals surface area contributed by atoms with Gasteiger partial charge < -0.3 is 14.6 Å². The first-order chi connectivity index (χ1) is 22.4. The smallest absolute Gasteiger partial charge is 0.261 e. The average Bonchev–Trinajstić information content (AvgIpc) is 3.89. The minimum Gasteiger partial charge on any atom is -0.421 e. The van der Waals surface area contributed by atoms with E-state index < -0.39 is 5.82 Å². The molecule has 5 heterocycles. The van der Waals surface area contributed by atoms with E-state index in [2.05, 4.69) is 27.6 Å². The number of thiophene rings is 1. The summed E-state index contributed by atoms with van der Waals surface area (Å²) in [4.78, 5) is 49.0. The molecule has 0 unspecified atom stereocenters. The number of rotatable bonds is 7. The number of carbonyl (C=O) groups is 3. The molecule has 8 rings (SSSR count). The highest BCUT2D eigenvalue weighted by molar-refractivity contribution is 7.17. The maximum Gasteiger partial charge on any atom is 0.261 e. The summed E-state index contributed by atoms with van der Waals surface area (Å²) in [5.74, 6) is -0.607. The maximum absolute atomic E-state index is 14.0. The summed E-state index contributed by atoms with van der Waals surface area (Å²) < 4.78 is 19.6. The van der Waals surface area contributed by atoms with Gasteiger partial charge in [0, 0.05) is 29.5 Å². The van der Waals surface area contributed by atoms with Crippen LogP contribution in [-0.2, 0) is 12.8 Å². The number of nitrogens with one attached hydrogen (secondary N) is 1. The Morgan fingerprint density at radius 1 is 1.02 bits per heavy atom. The highest BCUT2D eigenvalue weighted by Crippen LogP contribution is 2.49. The number of hydrogen-bond donors (Lipinski definition) is 1. The minimum absolute atomic E-state index is 0.0748. The molecule has 3 aliphatic rings. The lowest BCUT2D eigenvalue weighted by Crippen LogP contribution is -2.26. The van der Waals surface area contributed by atoms with Crippen LogP contribution in [0.15, 0.2) is 65.1 Å². The molecule has 1 saturated heterocycles. The van der Waals surface area contributed by atoms with Crippen LogP contribution in [0, 0.1) is 12.7 Å². The third kappa shape index (κ3) is 4.73. The van der Waals surface area contributed by atoms with E-state index in [1.165, 1.54) is 41.2 Å². The number of carbonyl (C=O) groups excluding carboxylic acids is 3. The number of amides is 2. The van der Waals surface area contributed by atoms with Crippen molar-refractivity contribution in [2.45, 2.75) is 51.1 Å². The molecule has 11 heteroatoms. The Hall–Kier alpha value is -5.03. The second-order valence-corrected chi connectivity index (χ2v) is 13.0. The van der Waals surface area contributed by atoms with Crippen molar-refractivity contribution in [1.29, 1.82) is 0 Å². The zero-order valence-corrected chi connectivity index (χ0v) is 25.7. The number of aryl methyl sites for hydroxylation is 2. The van der Waals surface area contributed by atoms with Crippen molar-refractivity contribution in [2.75, 3.05) is 6.54 Å². The summed E-state index contributed by atoms with van der Waals surface area (Å²) in [6, 6.07) is 16.8. The lowest BCUT2D eigenvalue weighted by molar-refractivity contribution is 0.0775. The van der Waals surface area contributed by atoms with E-state index in [9.17, 15) is 18.8 Å². The molecular weight excluding hydrogens is 605 g/mol. The van der Waals surface area contributed by atoms with Crippen LogP contribution in [0.1, 0.15) is 90.1 Å². The zero-order chi connectivity index (χ0) is 31.5. The topological polar surface area (TPSA) is 118 Å². The van der Waals surface area contributed by atoms with Gasteiger partial charge in [-0.15, -0.1) is 21.5 Å². The first-order valence-corrected chi connectivity index (χ1v) is 16.1. The standard InChI is InChI=1S/C35H28FN5O4S/c1-18-39-40-34(45-18)29-24(17-26(42)20-8-11-21(36)12-9-20)37-32-25-7-4-16-41(25)35(44)31(32)30(29)27-14-15-28(46-27)33(43)38-23-13-10-19-5-2-3-6-22(19)23/h2-3,5-6,8-9,11-12,14-15,23,25H,4,7,10,13,16-17H2,1H3,(H,38,43)/t23-,25+/m1/s1. The monoisotopic (exact) mass is 633 g/mol. The summed E-state index contributed by atoms with van der Waals surface area (Å²) in [5.41, 5.74) is 5.07. The van der Waals surface area contributed by atoms with Crippen LogP contribution in [-0.4, -0.2) is 44.2 Å². The van der Waals surface area contributed by atoms with Crippen LogP contribution in [0.4, 0.5) is 4.39 Å². The predicted molar refractivity (Wildman–Crippen MR) is 168 cm³/mol. The van der Waals surface area contributed by atoms with E-state index in [0.717, 1.165) is 31.2 Å². The van der Waals surface area contributed by atoms with Gasteiger partial charge in [-0.3, -0.25) is 19.4 Å². The molecule has 2 aromatic carbocycles. The van der Waals surface area contributed by atoms with Crippen LogP contribution < -0.4 is 5.32 Å². The number of benzene rings is 2. The minimum atomic E-state index is -0.439. The van der Waals surface area contributed by atoms with Gasteiger partial charge in [0.25, 0.3) is 11.8 Å². The number of aromatic nitrogens is 3. The normalized spacial score (nSPS) is 18.0. The maximum atomic E-state index is 14.0. The highest BCUT2D eigenvalue weighted by atomic mass is 32.1. The molecular formula is C35H28FN5O4S. The van der Waals surface area contributed by atoms with E-state index in [1.807, 2.05) is 23.1 Å². The molecule has 2 aliphatic heterocycles. The second kappa shape index (κ2) is 11.1. The summed E-state index contributed by atoms with van der Waals surface area (Å²) in [6.07, 6.45) is 3.22. The van der Waals surface area contributed by atoms with Crippen molar-refractivity contribution in [3.8, 4) is 21.9 Å². The molecule has 0 radical (unpaired) electrons. The molecule has 9 nitrogen and oxygen atoms in total. The number of nitrogens with zero attached hydrogens (tertiary/aromatic N) is 4. The molecule has 1 aliphatic carbocycles. The van der Waals surface area contributed by atoms with Crippen LogP contribution in [0.2, 0.25) is 0 Å². The first kappa shape index (κ1) is 28.4. The molecule has 0 bridgehead atoms. The molecule has 46 heavy (non-hydrogen) atoms. The molecule has 2 amide bonds. The van der Waals surface area contributed by atoms with Gasteiger partial charge in [0.2, 0.25) is 11.8 Å². The number of pyridine rings is 1. The Morgan fingerprint density at radius 3 is 2.65 bits per heavy atom. The Bertz CT molecular complexity index is 2050. The van der Waals surface area contributed by atoms with Gasteiger partial charge in [-0.2, -0.15) is 0 Å². The van der Waals surface area contributed by atoms with E-state index in [1.54, 1.807) is 13.0 Å². The van der Waals surface area contributed by atoms with Crippen molar-refractivity contribution in [3.05, 3.63) is 111 Å². The van der Waals surface area contributed by atoms with Crippen molar-refractivity contribution in [1.82, 2.24) is 25.4 Å². The lowest BCUT2D eigenvalue weighted by Gasteiger charge is -2.16. The summed E-state index contributed by atoms with van der Waals surface area (Å²) >= 11 is 1.27. The van der Waals surface area contributed by atoms with Gasteiger partial charge in [-0.25, -0.2) is 4.39 Å². The molecule has 230 valence electrons. The molecule has 3 aromatic heterocycles. The van der Waals surface area contributed by atoms with Crippen LogP contribution in [0.25, 0.3) is 21.9 Å². The van der Waals surface area contributed by atoms with Gasteiger partial charge in [0.1, 0.15) is 5.82 Å². The molecule has 1 N–H and O–H groups in total. The third-order valence-electron chi connectivity index (χ3n) is 9.09. The van der Waals surface area contributed by atoms with Gasteiger partial charge in [0.15, 0.2) is 5.78 Å². The van der Waals surface area contributed by atoms with E-state index in [-0.39, 0.29) is 42.0 Å². The third-order valence-corrected chi connectivity index (χ3v) is 10.2. The summed E-state index contributed by atoms with van der Waals surface area (Å²) in [7, 11) is 0. The van der Waals surface area contributed by atoms with E-state index in [0.29, 0.717) is 55.8 Å². The van der Waals surface area contributed by atoms with E-state index >= 15 is 0 Å². The molecule has 5 aromatic rings. The van der Waals surface area contributed by atoms with Crippen molar-refractivity contribution in [2.24, 2.45) is 0 Å². The number of ketones is 1. The fourth-order valence-corrected chi connectivity index (χ4v) is 7.94. The second-order valence-electron chi connectivity index (χ2n) is 11.9. The van der Waals surface area contributed by atoms with Gasteiger partial charge >= 0.3 is 0 Å². The largest absolute Gasteiger partial charge is 0.421 e. The highest BCUT2D eigenvalue weighted by Gasteiger charge is 2.45. The number of Topliss-reactive ketones (excluding diaryl/α,β-unsaturated/α-hetero) is 1. The predicted octanol–water partition coefficient (Wildman–Crippen LogP) is 6.44. The number of hydrogen-bond acceptors (Lipinski definition) is 8. The van der Waals surface area contributed by atoms with Crippen LogP contribution in [0.5, 0.6) is 0 Å². The van der Waals surface area contributed by atoms with Crippen LogP contribution in [0.3, 0.4) is 0 Å². The number of fused-ring (bicyclic) bond motifs is 4. The summed E-state index contributed by atoms with van der Waals surface area (Å²) in [6.45, 7) is 2.27. The van der Waals surface area contributed by atoms with Gasteiger partial charge in [0.05, 0.1) is 45.9 Å². The molecule has 0 saturated carbocycles. The molecule has 0 spiro atoms. The SMILES string of the molecule is Cc1nnc(-c2c(CC(=O)c3ccc(F)cc3)nc3c(c2-c2ccc(C(=O)N[C@@H]4CCc5ccccc54)s2)C(=O)N2CCC[C@@H]32)o1. The Labute approximate surface area is 267 Å².